The lowest BCUT2D eigenvalue weighted by molar-refractivity contribution is 1.35. The van der Waals surface area contributed by atoms with Gasteiger partial charge in [-0.1, -0.05) is 72.8 Å². The lowest BCUT2D eigenvalue weighted by Crippen LogP contribution is -1.82. The summed E-state index contributed by atoms with van der Waals surface area (Å²) >= 11 is 3.30. The Bertz CT molecular complexity index is 1180. The molecule has 2 aromatic heterocycles. The van der Waals surface area contributed by atoms with Crippen LogP contribution in [0, 0.1) is 0 Å². The molecule has 0 spiro atoms. The van der Waals surface area contributed by atoms with Crippen LogP contribution in [0.5, 0.6) is 0 Å². The first-order valence-electron chi connectivity index (χ1n) is 8.33. The molecule has 0 bridgehead atoms. The standard InChI is InChI=1S/C22H14N2S2/c1-2-8-16(9-3-1)19-13-25-21(23-19)22-24-20(14-26-22)18-12-6-10-15-7-4-5-11-17(15)18/h1-14H. The number of hydrogen-bond acceptors (Lipinski definition) is 4. The van der Waals surface area contributed by atoms with Gasteiger partial charge in [0.05, 0.1) is 11.4 Å². The van der Waals surface area contributed by atoms with Crippen LogP contribution in [0.3, 0.4) is 0 Å². The first-order chi connectivity index (χ1) is 12.9. The number of rotatable bonds is 3. The van der Waals surface area contributed by atoms with Crippen molar-refractivity contribution in [3.05, 3.63) is 83.6 Å². The molecule has 0 amide bonds. The lowest BCUT2D eigenvalue weighted by atomic mass is 10.0. The molecule has 124 valence electrons. The molecule has 2 heterocycles. The van der Waals surface area contributed by atoms with Crippen LogP contribution in [0.15, 0.2) is 83.6 Å². The van der Waals surface area contributed by atoms with Gasteiger partial charge in [0.1, 0.15) is 0 Å². The van der Waals surface area contributed by atoms with Gasteiger partial charge in [-0.15, -0.1) is 22.7 Å². The summed E-state index contributed by atoms with van der Waals surface area (Å²) in [5.74, 6) is 0. The minimum absolute atomic E-state index is 0.972. The highest BCUT2D eigenvalue weighted by atomic mass is 32.1. The van der Waals surface area contributed by atoms with Crippen LogP contribution in [-0.4, -0.2) is 9.97 Å². The summed E-state index contributed by atoms with van der Waals surface area (Å²) in [5.41, 5.74) is 4.33. The summed E-state index contributed by atoms with van der Waals surface area (Å²) in [7, 11) is 0. The van der Waals surface area contributed by atoms with E-state index in [1.165, 1.54) is 16.3 Å². The summed E-state index contributed by atoms with van der Waals surface area (Å²) in [6.07, 6.45) is 0. The molecule has 0 unspecified atom stereocenters. The van der Waals surface area contributed by atoms with E-state index in [9.17, 15) is 0 Å². The fourth-order valence-corrected chi connectivity index (χ4v) is 4.76. The maximum absolute atomic E-state index is 4.87. The second-order valence-electron chi connectivity index (χ2n) is 5.97. The van der Waals surface area contributed by atoms with Gasteiger partial charge in [-0.05, 0) is 10.8 Å². The van der Waals surface area contributed by atoms with Crippen molar-refractivity contribution in [3.63, 3.8) is 0 Å². The first-order valence-corrected chi connectivity index (χ1v) is 10.1. The number of thiazole rings is 2. The van der Waals surface area contributed by atoms with E-state index in [-0.39, 0.29) is 0 Å². The molecule has 0 aliphatic carbocycles. The van der Waals surface area contributed by atoms with E-state index in [4.69, 9.17) is 9.97 Å². The van der Waals surface area contributed by atoms with Crippen LogP contribution in [0.2, 0.25) is 0 Å². The summed E-state index contributed by atoms with van der Waals surface area (Å²) in [5, 5.41) is 8.64. The summed E-state index contributed by atoms with van der Waals surface area (Å²) < 4.78 is 0. The Morgan fingerprint density at radius 2 is 1.23 bits per heavy atom. The molecule has 0 N–H and O–H groups in total. The topological polar surface area (TPSA) is 25.8 Å². The van der Waals surface area contributed by atoms with Crippen molar-refractivity contribution in [1.29, 1.82) is 0 Å². The Morgan fingerprint density at radius 3 is 2.08 bits per heavy atom. The molecule has 4 heteroatoms. The molecule has 2 nitrogen and oxygen atoms in total. The predicted molar refractivity (Wildman–Crippen MR) is 112 cm³/mol. The van der Waals surface area contributed by atoms with Crippen LogP contribution in [0.1, 0.15) is 0 Å². The highest BCUT2D eigenvalue weighted by Gasteiger charge is 2.13. The van der Waals surface area contributed by atoms with Gasteiger partial charge in [0.15, 0.2) is 10.0 Å². The fraction of sp³-hybridized carbons (Fsp3) is 0. The first kappa shape index (κ1) is 15.4. The minimum Gasteiger partial charge on any atom is -0.233 e. The van der Waals surface area contributed by atoms with Crippen LogP contribution < -0.4 is 0 Å². The Labute approximate surface area is 159 Å². The van der Waals surface area contributed by atoms with Crippen LogP contribution in [-0.2, 0) is 0 Å². The van der Waals surface area contributed by atoms with Gasteiger partial charge in [-0.25, -0.2) is 9.97 Å². The molecular weight excluding hydrogens is 356 g/mol. The predicted octanol–water partition coefficient (Wildman–Crippen LogP) is 6.75. The molecule has 5 aromatic rings. The molecule has 0 atom stereocenters. The van der Waals surface area contributed by atoms with Gasteiger partial charge in [0.2, 0.25) is 0 Å². The van der Waals surface area contributed by atoms with Crippen LogP contribution >= 0.6 is 22.7 Å². The van der Waals surface area contributed by atoms with Gasteiger partial charge in [-0.2, -0.15) is 0 Å². The Hall–Kier alpha value is -2.82. The van der Waals surface area contributed by atoms with Crippen molar-refractivity contribution in [2.75, 3.05) is 0 Å². The molecule has 3 aromatic carbocycles. The second-order valence-corrected chi connectivity index (χ2v) is 7.68. The smallest absolute Gasteiger partial charge is 0.152 e. The highest BCUT2D eigenvalue weighted by molar-refractivity contribution is 7.20. The third-order valence-corrected chi connectivity index (χ3v) is 6.15. The number of nitrogens with zero attached hydrogens (tertiary/aromatic N) is 2. The van der Waals surface area contributed by atoms with Crippen molar-refractivity contribution in [2.24, 2.45) is 0 Å². The number of fused-ring (bicyclic) bond motifs is 1. The van der Waals surface area contributed by atoms with E-state index in [1.54, 1.807) is 22.7 Å². The molecule has 0 fully saturated rings. The maximum atomic E-state index is 4.87. The largest absolute Gasteiger partial charge is 0.233 e. The molecule has 0 aliphatic rings. The van der Waals surface area contributed by atoms with Crippen molar-refractivity contribution in [3.8, 4) is 32.5 Å². The average Bonchev–Trinajstić information content (AvgIpc) is 3.38. The normalized spacial score (nSPS) is 11.1. The summed E-state index contributed by atoms with van der Waals surface area (Å²) in [6.45, 7) is 0. The SMILES string of the molecule is c1ccc(-c2csc(-c3nc(-c4cccc5ccccc45)cs3)n2)cc1. The maximum Gasteiger partial charge on any atom is 0.152 e. The van der Waals surface area contributed by atoms with Gasteiger partial charge in [-0.3, -0.25) is 0 Å². The van der Waals surface area contributed by atoms with Gasteiger partial charge < -0.3 is 0 Å². The average molecular weight is 371 g/mol. The van der Waals surface area contributed by atoms with Crippen molar-refractivity contribution >= 4 is 33.4 Å². The third-order valence-electron chi connectivity index (χ3n) is 4.33. The van der Waals surface area contributed by atoms with Crippen molar-refractivity contribution < 1.29 is 0 Å². The Balaban J connectivity index is 1.54. The van der Waals surface area contributed by atoms with Crippen LogP contribution in [0.25, 0.3) is 43.3 Å². The zero-order valence-electron chi connectivity index (χ0n) is 13.8. The number of aromatic nitrogens is 2. The molecule has 0 saturated heterocycles. The van der Waals surface area contributed by atoms with Gasteiger partial charge in [0, 0.05) is 21.9 Å². The van der Waals surface area contributed by atoms with E-state index in [1.807, 2.05) is 18.2 Å². The molecule has 5 rings (SSSR count). The second kappa shape index (κ2) is 6.48. The van der Waals surface area contributed by atoms with Crippen molar-refractivity contribution in [2.45, 2.75) is 0 Å². The molecule has 0 radical (unpaired) electrons. The Morgan fingerprint density at radius 1 is 0.577 bits per heavy atom. The third kappa shape index (κ3) is 2.73. The zero-order valence-corrected chi connectivity index (χ0v) is 15.4. The van der Waals surface area contributed by atoms with Crippen LogP contribution in [0.4, 0.5) is 0 Å². The van der Waals surface area contributed by atoms with E-state index >= 15 is 0 Å². The van der Waals surface area contributed by atoms with E-state index < -0.39 is 0 Å². The summed E-state index contributed by atoms with van der Waals surface area (Å²) in [6, 6.07) is 25.1. The molecular formula is C22H14N2S2. The fourth-order valence-electron chi connectivity index (χ4n) is 3.06. The van der Waals surface area contributed by atoms with Gasteiger partial charge >= 0.3 is 0 Å². The van der Waals surface area contributed by atoms with Gasteiger partial charge in [0.25, 0.3) is 0 Å². The van der Waals surface area contributed by atoms with E-state index in [0.717, 1.165) is 27.0 Å². The minimum atomic E-state index is 0.972. The molecule has 0 saturated carbocycles. The zero-order chi connectivity index (χ0) is 17.3. The van der Waals surface area contributed by atoms with E-state index in [2.05, 4.69) is 65.4 Å². The highest BCUT2D eigenvalue weighted by Crippen LogP contribution is 2.35. The van der Waals surface area contributed by atoms with E-state index in [0.29, 0.717) is 0 Å². The molecule has 0 aliphatic heterocycles. The Kier molecular flexibility index (Phi) is 3.85. The quantitative estimate of drug-likeness (QED) is 0.351. The monoisotopic (exact) mass is 370 g/mol. The number of benzene rings is 3. The van der Waals surface area contributed by atoms with Crippen molar-refractivity contribution in [1.82, 2.24) is 9.97 Å². The lowest BCUT2D eigenvalue weighted by Gasteiger charge is -2.03. The molecule has 26 heavy (non-hydrogen) atoms. The summed E-state index contributed by atoms with van der Waals surface area (Å²) in [4.78, 5) is 9.66. The number of hydrogen-bond donors (Lipinski definition) is 0.